The van der Waals surface area contributed by atoms with E-state index in [1.165, 1.54) is 0 Å². The number of furan rings is 1. The van der Waals surface area contributed by atoms with Crippen molar-refractivity contribution in [2.45, 2.75) is 39.7 Å². The highest BCUT2D eigenvalue weighted by Crippen LogP contribution is 2.20. The van der Waals surface area contributed by atoms with Crippen LogP contribution in [0.25, 0.3) is 11.0 Å². The van der Waals surface area contributed by atoms with Crippen LogP contribution in [0, 0.1) is 13.8 Å². The number of carbonyl (C=O) groups is 1. The first-order chi connectivity index (χ1) is 11.0. The summed E-state index contributed by atoms with van der Waals surface area (Å²) >= 11 is 0. The largest absolute Gasteiger partial charge is 0.461 e. The van der Waals surface area contributed by atoms with E-state index in [4.69, 9.17) is 8.94 Å². The van der Waals surface area contributed by atoms with E-state index in [1.54, 1.807) is 0 Å². The van der Waals surface area contributed by atoms with Gasteiger partial charge in [0.1, 0.15) is 17.1 Å². The third-order valence-corrected chi connectivity index (χ3v) is 3.91. The molecule has 0 aliphatic heterocycles. The first-order valence-corrected chi connectivity index (χ1v) is 7.71. The molecule has 0 aliphatic rings. The van der Waals surface area contributed by atoms with E-state index in [-0.39, 0.29) is 18.4 Å². The predicted octanol–water partition coefficient (Wildman–Crippen LogP) is 3.33. The lowest BCUT2D eigenvalue weighted by Gasteiger charge is -2.12. The van der Waals surface area contributed by atoms with Gasteiger partial charge in [-0.2, -0.15) is 0 Å². The first-order valence-electron chi connectivity index (χ1n) is 7.71. The molecule has 0 spiro atoms. The Morgan fingerprint density at radius 2 is 2.09 bits per heavy atom. The van der Waals surface area contributed by atoms with Crippen LogP contribution in [0.2, 0.25) is 0 Å². The monoisotopic (exact) mass is 312 g/mol. The number of amides is 1. The zero-order valence-electron chi connectivity index (χ0n) is 13.6. The quantitative estimate of drug-likeness (QED) is 0.784. The van der Waals surface area contributed by atoms with Gasteiger partial charge in [0.2, 0.25) is 5.91 Å². The molecule has 1 N–H and O–H groups in total. The molecule has 0 radical (unpaired) electrons. The molecule has 5 heteroatoms. The van der Waals surface area contributed by atoms with Crippen LogP contribution in [0.1, 0.15) is 29.7 Å². The molecule has 1 aromatic carbocycles. The molecule has 1 unspecified atom stereocenters. The normalized spacial score (nSPS) is 12.5. The summed E-state index contributed by atoms with van der Waals surface area (Å²) in [6, 6.07) is 9.90. The van der Waals surface area contributed by atoms with Crippen molar-refractivity contribution < 1.29 is 13.7 Å². The molecule has 2 aromatic heterocycles. The first kappa shape index (κ1) is 15.3. The van der Waals surface area contributed by atoms with Crippen LogP contribution in [0.4, 0.5) is 0 Å². The topological polar surface area (TPSA) is 68.3 Å². The fourth-order valence-corrected chi connectivity index (χ4v) is 2.73. The molecule has 23 heavy (non-hydrogen) atoms. The smallest absolute Gasteiger partial charge is 0.224 e. The van der Waals surface area contributed by atoms with Crippen molar-refractivity contribution in [3.05, 3.63) is 53.1 Å². The Balaban J connectivity index is 1.60. The van der Waals surface area contributed by atoms with Crippen molar-refractivity contribution in [2.75, 3.05) is 0 Å². The maximum absolute atomic E-state index is 12.2. The van der Waals surface area contributed by atoms with E-state index < -0.39 is 0 Å². The molecule has 1 atom stereocenters. The molecule has 1 amide bonds. The van der Waals surface area contributed by atoms with Gasteiger partial charge in [0, 0.05) is 23.4 Å². The van der Waals surface area contributed by atoms with Crippen molar-refractivity contribution in [2.24, 2.45) is 0 Å². The molecule has 0 bridgehead atoms. The van der Waals surface area contributed by atoms with Crippen LogP contribution in [0.15, 0.2) is 39.3 Å². The number of nitrogens with zero attached hydrogens (tertiary/aromatic N) is 1. The average Bonchev–Trinajstić information content (AvgIpc) is 3.04. The molecular formula is C18H20N2O3. The number of carbonyl (C=O) groups excluding carboxylic acids is 1. The van der Waals surface area contributed by atoms with E-state index in [2.05, 4.69) is 10.5 Å². The summed E-state index contributed by atoms with van der Waals surface area (Å²) in [6.45, 7) is 5.63. The standard InChI is InChI=1S/C18H20N2O3/c1-11(8-15-9-14-6-4-5-7-17(14)22-15)19-18(21)10-16-12(2)20-23-13(16)3/h4-7,9,11H,8,10H2,1-3H3,(H,19,21). The fraction of sp³-hybridized carbons (Fsp3) is 0.333. The lowest BCUT2D eigenvalue weighted by atomic mass is 10.1. The van der Waals surface area contributed by atoms with Gasteiger partial charge in [-0.05, 0) is 32.9 Å². The molecule has 0 saturated carbocycles. The molecule has 5 nitrogen and oxygen atoms in total. The number of benzene rings is 1. The Morgan fingerprint density at radius 1 is 1.30 bits per heavy atom. The van der Waals surface area contributed by atoms with Crippen molar-refractivity contribution >= 4 is 16.9 Å². The van der Waals surface area contributed by atoms with Crippen molar-refractivity contribution in [3.8, 4) is 0 Å². The molecule has 0 fully saturated rings. The Labute approximate surface area is 134 Å². The summed E-state index contributed by atoms with van der Waals surface area (Å²) in [7, 11) is 0. The van der Waals surface area contributed by atoms with Crippen molar-refractivity contribution in [1.82, 2.24) is 10.5 Å². The summed E-state index contributed by atoms with van der Waals surface area (Å²) in [5.74, 6) is 1.53. The van der Waals surface area contributed by atoms with Crippen LogP contribution < -0.4 is 5.32 Å². The van der Waals surface area contributed by atoms with Gasteiger partial charge in [-0.25, -0.2) is 0 Å². The van der Waals surface area contributed by atoms with Gasteiger partial charge in [-0.15, -0.1) is 0 Å². The number of nitrogens with one attached hydrogen (secondary N) is 1. The van der Waals surface area contributed by atoms with E-state index in [1.807, 2.05) is 51.1 Å². The SMILES string of the molecule is Cc1noc(C)c1CC(=O)NC(C)Cc1cc2ccccc2o1. The molecule has 3 aromatic rings. The Morgan fingerprint density at radius 3 is 2.78 bits per heavy atom. The third-order valence-electron chi connectivity index (χ3n) is 3.91. The van der Waals surface area contributed by atoms with Gasteiger partial charge in [-0.3, -0.25) is 4.79 Å². The van der Waals surface area contributed by atoms with Gasteiger partial charge < -0.3 is 14.3 Å². The number of fused-ring (bicyclic) bond motifs is 1. The fourth-order valence-electron chi connectivity index (χ4n) is 2.73. The highest BCUT2D eigenvalue weighted by atomic mass is 16.5. The van der Waals surface area contributed by atoms with Crippen LogP contribution in [-0.4, -0.2) is 17.1 Å². The highest BCUT2D eigenvalue weighted by Gasteiger charge is 2.16. The Kier molecular flexibility index (Phi) is 4.19. The number of para-hydroxylation sites is 1. The maximum Gasteiger partial charge on any atom is 0.224 e. The summed E-state index contributed by atoms with van der Waals surface area (Å²) in [4.78, 5) is 12.2. The van der Waals surface area contributed by atoms with Crippen LogP contribution in [0.5, 0.6) is 0 Å². The highest BCUT2D eigenvalue weighted by molar-refractivity contribution is 5.79. The number of hydrogen-bond acceptors (Lipinski definition) is 4. The lowest BCUT2D eigenvalue weighted by molar-refractivity contribution is -0.121. The molecule has 3 rings (SSSR count). The van der Waals surface area contributed by atoms with Gasteiger partial charge in [0.05, 0.1) is 12.1 Å². The number of hydrogen-bond donors (Lipinski definition) is 1. The minimum absolute atomic E-state index is 0.0106. The van der Waals surface area contributed by atoms with E-state index >= 15 is 0 Å². The van der Waals surface area contributed by atoms with Gasteiger partial charge in [0.25, 0.3) is 0 Å². The minimum atomic E-state index is -0.0389. The summed E-state index contributed by atoms with van der Waals surface area (Å²) in [6.07, 6.45) is 0.938. The van der Waals surface area contributed by atoms with Crippen molar-refractivity contribution in [1.29, 1.82) is 0 Å². The Hall–Kier alpha value is -2.56. The molecule has 120 valence electrons. The summed E-state index contributed by atoms with van der Waals surface area (Å²) in [5, 5.41) is 7.95. The second-order valence-corrected chi connectivity index (χ2v) is 5.90. The number of rotatable bonds is 5. The van der Waals surface area contributed by atoms with E-state index in [0.717, 1.165) is 28.0 Å². The van der Waals surface area contributed by atoms with Gasteiger partial charge in [0.15, 0.2) is 0 Å². The van der Waals surface area contributed by atoms with Crippen molar-refractivity contribution in [3.63, 3.8) is 0 Å². The zero-order chi connectivity index (χ0) is 16.4. The zero-order valence-corrected chi connectivity index (χ0v) is 13.6. The van der Waals surface area contributed by atoms with Gasteiger partial charge in [-0.1, -0.05) is 23.4 Å². The number of aromatic nitrogens is 1. The molecule has 0 aliphatic carbocycles. The predicted molar refractivity (Wildman–Crippen MR) is 87.2 cm³/mol. The molecule has 0 saturated heterocycles. The molecular weight excluding hydrogens is 292 g/mol. The second-order valence-electron chi connectivity index (χ2n) is 5.90. The van der Waals surface area contributed by atoms with Crippen LogP contribution in [0.3, 0.4) is 0 Å². The van der Waals surface area contributed by atoms with Gasteiger partial charge >= 0.3 is 0 Å². The van der Waals surface area contributed by atoms with Crippen LogP contribution in [-0.2, 0) is 17.6 Å². The maximum atomic E-state index is 12.2. The third kappa shape index (κ3) is 3.44. The second kappa shape index (κ2) is 6.28. The van der Waals surface area contributed by atoms with Crippen LogP contribution >= 0.6 is 0 Å². The minimum Gasteiger partial charge on any atom is -0.461 e. The summed E-state index contributed by atoms with van der Waals surface area (Å²) in [5.41, 5.74) is 2.50. The van der Waals surface area contributed by atoms with E-state index in [9.17, 15) is 4.79 Å². The van der Waals surface area contributed by atoms with E-state index in [0.29, 0.717) is 12.2 Å². The molecule has 2 heterocycles. The lowest BCUT2D eigenvalue weighted by Crippen LogP contribution is -2.35. The number of aryl methyl sites for hydroxylation is 2. The summed E-state index contributed by atoms with van der Waals surface area (Å²) < 4.78 is 10.9. The average molecular weight is 312 g/mol. The Bertz CT molecular complexity index is 779.